The van der Waals surface area contributed by atoms with Crippen molar-refractivity contribution in [2.45, 2.75) is 320 Å². The molecule has 0 aliphatic heterocycles. The SMILES string of the molecule is CCCCCCCCCCCCc1ccc2c(S(=O)(=O)[O-])cccc2c1CCCCCCCCCCCC.CCCCCCCCCCCCc1ccc2c(S(=O)(=O)[O-])cccc2c1CCCCCCCCCCCC.[Ca+2]. The van der Waals surface area contributed by atoms with Gasteiger partial charge in [-0.25, -0.2) is 16.8 Å². The Morgan fingerprint density at radius 2 is 0.494 bits per heavy atom. The van der Waals surface area contributed by atoms with E-state index in [1.807, 2.05) is 24.3 Å². The second-order valence-corrected chi connectivity index (χ2v) is 25.4. The molecule has 0 heterocycles. The van der Waals surface area contributed by atoms with Gasteiger partial charge in [-0.15, -0.1) is 0 Å². The van der Waals surface area contributed by atoms with Gasteiger partial charge >= 0.3 is 37.7 Å². The molecule has 0 aromatic heterocycles. The van der Waals surface area contributed by atoms with E-state index in [1.165, 1.54) is 278 Å². The molecule has 0 spiro atoms. The second kappa shape index (κ2) is 45.1. The van der Waals surface area contributed by atoms with Crippen molar-refractivity contribution in [2.24, 2.45) is 0 Å². The fourth-order valence-electron chi connectivity index (χ4n) is 11.6. The van der Waals surface area contributed by atoms with Crippen LogP contribution in [0.5, 0.6) is 0 Å². The molecule has 0 radical (unpaired) electrons. The predicted molar refractivity (Wildman–Crippen MR) is 332 cm³/mol. The van der Waals surface area contributed by atoms with E-state index >= 15 is 0 Å². The van der Waals surface area contributed by atoms with Crippen LogP contribution in [-0.4, -0.2) is 63.7 Å². The molecule has 6 nitrogen and oxygen atoms in total. The minimum absolute atomic E-state index is 0. The smallest absolute Gasteiger partial charge is 0.744 e. The number of hydrogen-bond donors (Lipinski definition) is 0. The van der Waals surface area contributed by atoms with Crippen molar-refractivity contribution in [1.29, 1.82) is 0 Å². The third-order valence-corrected chi connectivity index (χ3v) is 17.9. The van der Waals surface area contributed by atoms with Gasteiger partial charge < -0.3 is 9.11 Å². The van der Waals surface area contributed by atoms with Gasteiger partial charge in [-0.05, 0) is 107 Å². The number of aryl methyl sites for hydroxylation is 4. The molecule has 0 N–H and O–H groups in total. The molecule has 0 aliphatic rings. The molecule has 4 aromatic carbocycles. The van der Waals surface area contributed by atoms with Gasteiger partial charge in [0.2, 0.25) is 0 Å². The normalized spacial score (nSPS) is 11.8. The fraction of sp³-hybridized carbons (Fsp3) is 0.706. The Hall–Kier alpha value is -1.52. The summed E-state index contributed by atoms with van der Waals surface area (Å²) in [5.74, 6) is 0. The molecule has 77 heavy (non-hydrogen) atoms. The molecule has 4 rings (SSSR count). The Morgan fingerprint density at radius 1 is 0.273 bits per heavy atom. The number of unbranched alkanes of at least 4 members (excludes halogenated alkanes) is 36. The third kappa shape index (κ3) is 30.9. The molecule has 432 valence electrons. The van der Waals surface area contributed by atoms with Crippen molar-refractivity contribution < 1.29 is 25.9 Å². The van der Waals surface area contributed by atoms with Crippen LogP contribution in [-0.2, 0) is 45.9 Å². The van der Waals surface area contributed by atoms with Gasteiger partial charge in [-0.1, -0.05) is 307 Å². The van der Waals surface area contributed by atoms with Crippen molar-refractivity contribution in [3.05, 3.63) is 82.9 Å². The topological polar surface area (TPSA) is 114 Å². The quantitative estimate of drug-likeness (QED) is 0.0247. The van der Waals surface area contributed by atoms with Gasteiger partial charge in [0.25, 0.3) is 0 Å². The molecule has 9 heteroatoms. The van der Waals surface area contributed by atoms with Crippen LogP contribution in [0.1, 0.15) is 307 Å². The Morgan fingerprint density at radius 3 is 0.727 bits per heavy atom. The van der Waals surface area contributed by atoms with E-state index in [2.05, 4.69) is 39.8 Å². The van der Waals surface area contributed by atoms with E-state index in [1.54, 1.807) is 12.1 Å². The first-order valence-corrected chi connectivity index (χ1v) is 34.8. The minimum Gasteiger partial charge on any atom is -0.744 e. The van der Waals surface area contributed by atoms with Crippen molar-refractivity contribution >= 4 is 79.5 Å². The first-order chi connectivity index (χ1) is 37.0. The number of rotatable bonds is 46. The molecule has 0 saturated carbocycles. The van der Waals surface area contributed by atoms with Crippen LogP contribution in [0.3, 0.4) is 0 Å². The van der Waals surface area contributed by atoms with Gasteiger partial charge in [-0.3, -0.25) is 0 Å². The summed E-state index contributed by atoms with van der Waals surface area (Å²) in [5.41, 5.74) is 5.22. The number of fused-ring (bicyclic) bond motifs is 2. The average molecular weight is 1130 g/mol. The zero-order valence-corrected chi connectivity index (χ0v) is 53.7. The summed E-state index contributed by atoms with van der Waals surface area (Å²) < 4.78 is 71.4. The summed E-state index contributed by atoms with van der Waals surface area (Å²) in [5, 5.41) is 3.11. The molecule has 0 saturated heterocycles. The molecule has 0 amide bonds. The van der Waals surface area contributed by atoms with E-state index in [-0.39, 0.29) is 47.5 Å². The van der Waals surface area contributed by atoms with E-state index in [4.69, 9.17) is 0 Å². The van der Waals surface area contributed by atoms with E-state index in [0.717, 1.165) is 49.3 Å². The average Bonchev–Trinajstić information content (AvgIpc) is 3.44. The number of hydrogen-bond acceptors (Lipinski definition) is 6. The Bertz CT molecular complexity index is 2160. The maximum atomic E-state index is 11.9. The Balaban J connectivity index is 0.000000520. The molecule has 0 fully saturated rings. The van der Waals surface area contributed by atoms with Crippen LogP contribution >= 0.6 is 0 Å². The van der Waals surface area contributed by atoms with Gasteiger partial charge in [0, 0.05) is 0 Å². The molecule has 0 bridgehead atoms. The zero-order valence-electron chi connectivity index (χ0n) is 49.9. The summed E-state index contributed by atoms with van der Waals surface area (Å²) >= 11 is 0. The molecule has 4 aromatic rings. The summed E-state index contributed by atoms with van der Waals surface area (Å²) in [6.07, 6.45) is 56.5. The summed E-state index contributed by atoms with van der Waals surface area (Å²) in [7, 11) is -8.98. The maximum absolute atomic E-state index is 11.9. The Labute approximate surface area is 504 Å². The minimum atomic E-state index is -4.49. The standard InChI is InChI=1S/2C34H56O3S.Ca/c2*1-3-5-7-9-11-13-15-17-19-21-24-30-28-29-33-32(26-23-27-34(33)38(35,36)37)31(30)25-22-20-18-16-14-12-10-8-6-4-2;/h2*23,26-29H,3-22,24-25H2,1-2H3,(H,35,36,37);/q;;+2/p-2. The van der Waals surface area contributed by atoms with Crippen molar-refractivity contribution in [3.8, 4) is 0 Å². The van der Waals surface area contributed by atoms with Crippen molar-refractivity contribution in [1.82, 2.24) is 0 Å². The Kier molecular flexibility index (Phi) is 41.9. The summed E-state index contributed by atoms with van der Waals surface area (Å²) in [4.78, 5) is -0.158. The summed E-state index contributed by atoms with van der Waals surface area (Å²) in [6.45, 7) is 9.06. The first kappa shape index (κ1) is 71.6. The van der Waals surface area contributed by atoms with Gasteiger partial charge in [0.1, 0.15) is 20.2 Å². The van der Waals surface area contributed by atoms with Gasteiger partial charge in [0.05, 0.1) is 9.79 Å². The van der Waals surface area contributed by atoms with Gasteiger partial charge in [-0.2, -0.15) is 0 Å². The number of benzene rings is 4. The molecule has 0 aliphatic carbocycles. The maximum Gasteiger partial charge on any atom is 2.00 e. The largest absolute Gasteiger partial charge is 2.00 e. The van der Waals surface area contributed by atoms with Crippen LogP contribution in [0, 0.1) is 0 Å². The summed E-state index contributed by atoms with van der Waals surface area (Å²) in [6, 6.07) is 18.3. The monoisotopic (exact) mass is 1130 g/mol. The van der Waals surface area contributed by atoms with Crippen LogP contribution < -0.4 is 0 Å². The first-order valence-electron chi connectivity index (χ1n) is 32.0. The van der Waals surface area contributed by atoms with E-state index in [0.29, 0.717) is 10.8 Å². The molecular weight excluding hydrogens is 1020 g/mol. The van der Waals surface area contributed by atoms with E-state index in [9.17, 15) is 25.9 Å². The second-order valence-electron chi connectivity index (χ2n) is 22.7. The van der Waals surface area contributed by atoms with Crippen molar-refractivity contribution in [3.63, 3.8) is 0 Å². The van der Waals surface area contributed by atoms with Crippen LogP contribution in [0.4, 0.5) is 0 Å². The molecule has 0 atom stereocenters. The third-order valence-electron chi connectivity index (χ3n) is 16.2. The van der Waals surface area contributed by atoms with Crippen LogP contribution in [0.15, 0.2) is 70.5 Å². The fourth-order valence-corrected chi connectivity index (χ4v) is 12.9. The molecule has 0 unspecified atom stereocenters. The van der Waals surface area contributed by atoms with Gasteiger partial charge in [0.15, 0.2) is 0 Å². The van der Waals surface area contributed by atoms with Crippen LogP contribution in [0.25, 0.3) is 21.5 Å². The molecular formula is C68H110CaO6S2. The zero-order chi connectivity index (χ0) is 55.0. The van der Waals surface area contributed by atoms with E-state index < -0.39 is 20.2 Å². The van der Waals surface area contributed by atoms with Crippen molar-refractivity contribution in [2.75, 3.05) is 0 Å². The van der Waals surface area contributed by atoms with Crippen LogP contribution in [0.2, 0.25) is 0 Å². The predicted octanol–water partition coefficient (Wildman–Crippen LogP) is 21.0.